The van der Waals surface area contributed by atoms with Gasteiger partial charge in [-0.3, -0.25) is 4.98 Å². The Kier molecular flexibility index (Phi) is 3.82. The van der Waals surface area contributed by atoms with Crippen molar-refractivity contribution in [1.82, 2.24) is 9.71 Å². The molecule has 0 spiro atoms. The number of benzene rings is 1. The van der Waals surface area contributed by atoms with Crippen molar-refractivity contribution in [2.45, 2.75) is 17.9 Å². The average Bonchev–Trinajstić information content (AvgIpc) is 2.40. The average molecular weight is 277 g/mol. The Morgan fingerprint density at radius 1 is 1.11 bits per heavy atom. The molecule has 0 aliphatic carbocycles. The largest absolute Gasteiger partial charge is 0.399 e. The van der Waals surface area contributed by atoms with Crippen molar-refractivity contribution in [2.75, 3.05) is 5.73 Å². The first-order valence-electron chi connectivity index (χ1n) is 5.77. The van der Waals surface area contributed by atoms with Crippen LogP contribution < -0.4 is 10.5 Å². The van der Waals surface area contributed by atoms with Crippen molar-refractivity contribution in [1.29, 1.82) is 0 Å². The standard InChI is InChI=1S/C13H15N3O2S/c1-10(11-6-8-15-9-7-11)16-19(17,18)13-4-2-12(14)3-5-13/h2-10,16H,14H2,1H3. The zero-order valence-electron chi connectivity index (χ0n) is 10.4. The molecule has 1 unspecified atom stereocenters. The van der Waals surface area contributed by atoms with Gasteiger partial charge in [0.05, 0.1) is 4.90 Å². The number of nitrogens with two attached hydrogens (primary N) is 1. The highest BCUT2D eigenvalue weighted by atomic mass is 32.2. The summed E-state index contributed by atoms with van der Waals surface area (Å²) < 4.78 is 26.9. The second kappa shape index (κ2) is 5.38. The third-order valence-electron chi connectivity index (χ3n) is 2.73. The Labute approximate surface area is 112 Å². The Morgan fingerprint density at radius 3 is 2.26 bits per heavy atom. The van der Waals surface area contributed by atoms with Gasteiger partial charge in [0.15, 0.2) is 0 Å². The van der Waals surface area contributed by atoms with Crippen molar-refractivity contribution >= 4 is 15.7 Å². The number of nitrogens with one attached hydrogen (secondary N) is 1. The lowest BCUT2D eigenvalue weighted by Crippen LogP contribution is -2.26. The van der Waals surface area contributed by atoms with Crippen LogP contribution in [-0.4, -0.2) is 13.4 Å². The van der Waals surface area contributed by atoms with Crippen LogP contribution in [0, 0.1) is 0 Å². The summed E-state index contributed by atoms with van der Waals surface area (Å²) in [6.07, 6.45) is 3.26. The molecule has 0 bridgehead atoms. The number of nitrogens with zero attached hydrogens (tertiary/aromatic N) is 1. The Hall–Kier alpha value is -1.92. The second-order valence-corrected chi connectivity index (χ2v) is 5.91. The molecule has 19 heavy (non-hydrogen) atoms. The van der Waals surface area contributed by atoms with Gasteiger partial charge in [0.1, 0.15) is 0 Å². The van der Waals surface area contributed by atoms with E-state index < -0.39 is 10.0 Å². The number of aromatic nitrogens is 1. The summed E-state index contributed by atoms with van der Waals surface area (Å²) in [5.41, 5.74) is 6.92. The van der Waals surface area contributed by atoms with E-state index in [4.69, 9.17) is 5.73 Å². The molecule has 0 saturated carbocycles. The lowest BCUT2D eigenvalue weighted by atomic mass is 10.1. The molecule has 100 valence electrons. The van der Waals surface area contributed by atoms with Crippen molar-refractivity contribution in [3.05, 3.63) is 54.4 Å². The van der Waals surface area contributed by atoms with Crippen molar-refractivity contribution in [3.63, 3.8) is 0 Å². The van der Waals surface area contributed by atoms with E-state index in [0.29, 0.717) is 5.69 Å². The zero-order valence-corrected chi connectivity index (χ0v) is 11.3. The minimum atomic E-state index is -3.55. The summed E-state index contributed by atoms with van der Waals surface area (Å²) in [4.78, 5) is 4.10. The van der Waals surface area contributed by atoms with Gasteiger partial charge in [0.2, 0.25) is 10.0 Å². The van der Waals surface area contributed by atoms with Gasteiger partial charge < -0.3 is 5.73 Å². The van der Waals surface area contributed by atoms with E-state index >= 15 is 0 Å². The first kappa shape index (κ1) is 13.5. The molecule has 2 aromatic rings. The maximum atomic E-state index is 12.2. The Balaban J connectivity index is 2.20. The molecule has 6 heteroatoms. The van der Waals surface area contributed by atoms with Crippen LogP contribution in [0.1, 0.15) is 18.5 Å². The normalized spacial score (nSPS) is 13.1. The molecule has 3 N–H and O–H groups in total. The predicted octanol–water partition coefficient (Wildman–Crippen LogP) is 1.70. The van der Waals surface area contributed by atoms with Crippen LogP contribution in [0.15, 0.2) is 53.7 Å². The maximum Gasteiger partial charge on any atom is 0.241 e. The van der Waals surface area contributed by atoms with Crippen LogP contribution in [-0.2, 0) is 10.0 Å². The predicted molar refractivity (Wildman–Crippen MR) is 73.8 cm³/mol. The van der Waals surface area contributed by atoms with Crippen molar-refractivity contribution in [3.8, 4) is 0 Å². The monoisotopic (exact) mass is 277 g/mol. The van der Waals surface area contributed by atoms with Crippen LogP contribution in [0.2, 0.25) is 0 Å². The lowest BCUT2D eigenvalue weighted by molar-refractivity contribution is 0.567. The van der Waals surface area contributed by atoms with Crippen LogP contribution in [0.5, 0.6) is 0 Å². The van der Waals surface area contributed by atoms with Crippen molar-refractivity contribution in [2.24, 2.45) is 0 Å². The summed E-state index contributed by atoms with van der Waals surface area (Å²) in [6, 6.07) is 9.31. The van der Waals surface area contributed by atoms with Gasteiger partial charge in [-0.05, 0) is 48.9 Å². The highest BCUT2D eigenvalue weighted by molar-refractivity contribution is 7.89. The molecular formula is C13H15N3O2S. The molecule has 0 fully saturated rings. The highest BCUT2D eigenvalue weighted by Gasteiger charge is 2.17. The molecule has 1 heterocycles. The highest BCUT2D eigenvalue weighted by Crippen LogP contribution is 2.17. The van der Waals surface area contributed by atoms with Crippen molar-refractivity contribution < 1.29 is 8.42 Å². The van der Waals surface area contributed by atoms with E-state index in [0.717, 1.165) is 5.56 Å². The third kappa shape index (κ3) is 3.30. The fourth-order valence-electron chi connectivity index (χ4n) is 1.67. The summed E-state index contributed by atoms with van der Waals surface area (Å²) in [5, 5.41) is 0. The van der Waals surface area contributed by atoms with Crippen LogP contribution in [0.25, 0.3) is 0 Å². The number of nitrogen functional groups attached to an aromatic ring is 1. The molecule has 1 aromatic carbocycles. The summed E-state index contributed by atoms with van der Waals surface area (Å²) in [7, 11) is -3.55. The Morgan fingerprint density at radius 2 is 1.68 bits per heavy atom. The number of hydrogen-bond acceptors (Lipinski definition) is 4. The third-order valence-corrected chi connectivity index (χ3v) is 4.29. The van der Waals surface area contributed by atoms with E-state index in [2.05, 4.69) is 9.71 Å². The van der Waals surface area contributed by atoms with Gasteiger partial charge in [-0.1, -0.05) is 0 Å². The van der Waals surface area contributed by atoms with Gasteiger partial charge in [-0.2, -0.15) is 0 Å². The maximum absolute atomic E-state index is 12.2. The lowest BCUT2D eigenvalue weighted by Gasteiger charge is -2.14. The summed E-state index contributed by atoms with van der Waals surface area (Å²) in [5.74, 6) is 0. The molecule has 0 aliphatic heterocycles. The molecule has 1 aromatic heterocycles. The van der Waals surface area contributed by atoms with E-state index in [9.17, 15) is 8.42 Å². The van der Waals surface area contributed by atoms with E-state index in [-0.39, 0.29) is 10.9 Å². The minimum Gasteiger partial charge on any atom is -0.399 e. The van der Waals surface area contributed by atoms with Crippen LogP contribution in [0.3, 0.4) is 0 Å². The number of sulfonamides is 1. The fraction of sp³-hybridized carbons (Fsp3) is 0.154. The van der Waals surface area contributed by atoms with Gasteiger partial charge >= 0.3 is 0 Å². The topological polar surface area (TPSA) is 85.1 Å². The van der Waals surface area contributed by atoms with Crippen LogP contribution in [0.4, 0.5) is 5.69 Å². The number of pyridine rings is 1. The molecule has 2 rings (SSSR count). The van der Waals surface area contributed by atoms with Gasteiger partial charge in [0.25, 0.3) is 0 Å². The van der Waals surface area contributed by atoms with Gasteiger partial charge in [-0.15, -0.1) is 0 Å². The molecular weight excluding hydrogens is 262 g/mol. The fourth-order valence-corrected chi connectivity index (χ4v) is 2.90. The van der Waals surface area contributed by atoms with E-state index in [1.165, 1.54) is 12.1 Å². The first-order chi connectivity index (χ1) is 8.99. The zero-order chi connectivity index (χ0) is 13.9. The first-order valence-corrected chi connectivity index (χ1v) is 7.25. The Bertz CT molecular complexity index is 639. The van der Waals surface area contributed by atoms with E-state index in [1.807, 2.05) is 0 Å². The molecule has 0 saturated heterocycles. The molecule has 0 amide bonds. The smallest absolute Gasteiger partial charge is 0.241 e. The van der Waals surface area contributed by atoms with Gasteiger partial charge in [0, 0.05) is 24.1 Å². The quantitative estimate of drug-likeness (QED) is 0.833. The summed E-state index contributed by atoms with van der Waals surface area (Å²) in [6.45, 7) is 1.78. The molecule has 1 atom stereocenters. The minimum absolute atomic E-state index is 0.197. The molecule has 5 nitrogen and oxygen atoms in total. The number of rotatable bonds is 4. The molecule has 0 aliphatic rings. The number of hydrogen-bond donors (Lipinski definition) is 2. The second-order valence-electron chi connectivity index (χ2n) is 4.19. The number of anilines is 1. The SMILES string of the molecule is CC(NS(=O)(=O)c1ccc(N)cc1)c1ccncc1. The molecule has 0 radical (unpaired) electrons. The van der Waals surface area contributed by atoms with Crippen LogP contribution >= 0.6 is 0 Å². The van der Waals surface area contributed by atoms with Gasteiger partial charge in [-0.25, -0.2) is 13.1 Å². The van der Waals surface area contributed by atoms with E-state index in [1.54, 1.807) is 43.6 Å². The summed E-state index contributed by atoms with van der Waals surface area (Å²) >= 11 is 0.